The van der Waals surface area contributed by atoms with Gasteiger partial charge >= 0.3 is 0 Å². The number of hydrogen-bond donors (Lipinski definition) is 1. The summed E-state index contributed by atoms with van der Waals surface area (Å²) in [5.74, 6) is -0.132. The number of piperazine rings is 1. The largest absolute Gasteiger partial charge is 0.377 e. The molecule has 0 aliphatic carbocycles. The van der Waals surface area contributed by atoms with Crippen LogP contribution >= 0.6 is 0 Å². The van der Waals surface area contributed by atoms with Gasteiger partial charge in [0.2, 0.25) is 10.0 Å². The lowest BCUT2D eigenvalue weighted by Crippen LogP contribution is -2.50. The molecule has 27 heavy (non-hydrogen) atoms. The predicted molar refractivity (Wildman–Crippen MR) is 103 cm³/mol. The van der Waals surface area contributed by atoms with Gasteiger partial charge in [0.15, 0.2) is 0 Å². The molecule has 1 N–H and O–H groups in total. The van der Waals surface area contributed by atoms with Crippen LogP contribution in [-0.4, -0.2) is 76.1 Å². The maximum absolute atomic E-state index is 12.8. The summed E-state index contributed by atoms with van der Waals surface area (Å²) < 4.78 is 32.6. The number of benzene rings is 1. The Bertz CT molecular complexity index is 767. The molecule has 0 spiro atoms. The number of sulfonamides is 1. The third-order valence-corrected chi connectivity index (χ3v) is 6.38. The third-order valence-electron chi connectivity index (χ3n) is 4.95. The second-order valence-electron chi connectivity index (χ2n) is 6.90. The van der Waals surface area contributed by atoms with Crippen LogP contribution < -0.4 is 4.72 Å². The van der Waals surface area contributed by atoms with Crippen molar-refractivity contribution in [2.45, 2.75) is 23.8 Å². The number of rotatable bonds is 7. The number of ether oxygens (including phenoxy) is 1. The van der Waals surface area contributed by atoms with E-state index in [0.717, 1.165) is 39.1 Å². The lowest BCUT2D eigenvalue weighted by molar-refractivity contribution is 0.0432. The van der Waals surface area contributed by atoms with E-state index in [4.69, 9.17) is 4.74 Å². The molecule has 1 atom stereocenters. The Kier molecular flexibility index (Phi) is 6.64. The third kappa shape index (κ3) is 5.16. The Hall–Kier alpha value is -1.74. The highest BCUT2D eigenvalue weighted by molar-refractivity contribution is 7.89. The molecule has 2 aliphatic heterocycles. The number of amides is 1. The quantitative estimate of drug-likeness (QED) is 0.702. The molecule has 0 bridgehead atoms. The molecule has 0 radical (unpaired) electrons. The summed E-state index contributed by atoms with van der Waals surface area (Å²) >= 11 is 0. The molecule has 2 heterocycles. The van der Waals surface area contributed by atoms with Gasteiger partial charge in [-0.15, -0.1) is 6.58 Å². The summed E-state index contributed by atoms with van der Waals surface area (Å²) in [6.45, 7) is 8.31. The van der Waals surface area contributed by atoms with Gasteiger partial charge in [0, 0.05) is 51.4 Å². The van der Waals surface area contributed by atoms with Gasteiger partial charge in [0.25, 0.3) is 5.91 Å². The molecule has 2 fully saturated rings. The van der Waals surface area contributed by atoms with Crippen LogP contribution in [0.1, 0.15) is 23.2 Å². The first-order valence-corrected chi connectivity index (χ1v) is 10.8. The number of hydrogen-bond acceptors (Lipinski definition) is 5. The second kappa shape index (κ2) is 8.97. The van der Waals surface area contributed by atoms with Crippen molar-refractivity contribution in [3.05, 3.63) is 42.5 Å². The van der Waals surface area contributed by atoms with Gasteiger partial charge in [-0.1, -0.05) is 12.1 Å². The van der Waals surface area contributed by atoms with Crippen molar-refractivity contribution in [2.24, 2.45) is 0 Å². The molecule has 148 valence electrons. The molecular formula is C19H27N3O4S. The summed E-state index contributed by atoms with van der Waals surface area (Å²) in [7, 11) is -3.65. The molecule has 7 nitrogen and oxygen atoms in total. The number of nitrogens with one attached hydrogen (secondary N) is 1. The molecule has 1 aromatic carbocycles. The number of nitrogens with zero attached hydrogens (tertiary/aromatic N) is 2. The van der Waals surface area contributed by atoms with Crippen molar-refractivity contribution in [2.75, 3.05) is 45.9 Å². The number of carbonyl (C=O) groups is 1. The molecule has 2 aliphatic rings. The Morgan fingerprint density at radius 1 is 1.30 bits per heavy atom. The molecule has 8 heteroatoms. The average Bonchev–Trinajstić information content (AvgIpc) is 3.19. The van der Waals surface area contributed by atoms with Crippen molar-refractivity contribution < 1.29 is 17.9 Å². The zero-order chi connectivity index (χ0) is 19.3. The van der Waals surface area contributed by atoms with Gasteiger partial charge in [-0.2, -0.15) is 0 Å². The van der Waals surface area contributed by atoms with Gasteiger partial charge < -0.3 is 9.64 Å². The average molecular weight is 394 g/mol. The van der Waals surface area contributed by atoms with Gasteiger partial charge in [-0.3, -0.25) is 9.69 Å². The van der Waals surface area contributed by atoms with Crippen LogP contribution in [0.5, 0.6) is 0 Å². The zero-order valence-corrected chi connectivity index (χ0v) is 16.3. The maximum Gasteiger partial charge on any atom is 0.253 e. The molecule has 1 aromatic rings. The van der Waals surface area contributed by atoms with Crippen LogP contribution in [0.3, 0.4) is 0 Å². The highest BCUT2D eigenvalue weighted by atomic mass is 32.2. The highest BCUT2D eigenvalue weighted by Gasteiger charge is 2.26. The summed E-state index contributed by atoms with van der Waals surface area (Å²) in [5.41, 5.74) is 0.393. The normalized spacial score (nSPS) is 21.3. The van der Waals surface area contributed by atoms with Gasteiger partial charge in [-0.05, 0) is 31.0 Å². The second-order valence-corrected chi connectivity index (χ2v) is 8.66. The fourth-order valence-corrected chi connectivity index (χ4v) is 4.48. The minimum Gasteiger partial charge on any atom is -0.377 e. The minimum absolute atomic E-state index is 0.0900. The van der Waals surface area contributed by atoms with Crippen molar-refractivity contribution in [1.29, 1.82) is 0 Å². The topological polar surface area (TPSA) is 79.0 Å². The standard InChI is InChI=1S/C19H27N3O4S/c1-2-8-20-27(24,25)18-7-3-5-16(14-18)19(23)22-11-9-21(10-12-22)15-17-6-4-13-26-17/h2-3,5,7,14,17,20H,1,4,6,8-13,15H2. The predicted octanol–water partition coefficient (Wildman–Crippen LogP) is 1.09. The van der Waals surface area contributed by atoms with E-state index >= 15 is 0 Å². The Labute approximate surface area is 161 Å². The number of carbonyl (C=O) groups excluding carboxylic acids is 1. The highest BCUT2D eigenvalue weighted by Crippen LogP contribution is 2.17. The zero-order valence-electron chi connectivity index (χ0n) is 15.5. The molecule has 3 rings (SSSR count). The SMILES string of the molecule is C=CCNS(=O)(=O)c1cccc(C(=O)N2CCN(CC3CCCO3)CC2)c1. The summed E-state index contributed by atoms with van der Waals surface area (Å²) in [6.07, 6.45) is 4.03. The molecule has 1 unspecified atom stereocenters. The van der Waals surface area contributed by atoms with E-state index in [9.17, 15) is 13.2 Å². The first-order valence-electron chi connectivity index (χ1n) is 9.33. The van der Waals surface area contributed by atoms with E-state index in [1.807, 2.05) is 0 Å². The summed E-state index contributed by atoms with van der Waals surface area (Å²) in [4.78, 5) is 17.0. The van der Waals surface area contributed by atoms with Crippen LogP contribution in [0.15, 0.2) is 41.8 Å². The van der Waals surface area contributed by atoms with Crippen LogP contribution in [0.2, 0.25) is 0 Å². The van der Waals surface area contributed by atoms with E-state index in [0.29, 0.717) is 24.8 Å². The van der Waals surface area contributed by atoms with E-state index in [2.05, 4.69) is 16.2 Å². The molecule has 0 saturated carbocycles. The fraction of sp³-hybridized carbons (Fsp3) is 0.526. The Morgan fingerprint density at radius 3 is 2.74 bits per heavy atom. The van der Waals surface area contributed by atoms with Crippen LogP contribution in [0, 0.1) is 0 Å². The maximum atomic E-state index is 12.8. The molecule has 1 amide bonds. The summed E-state index contributed by atoms with van der Waals surface area (Å²) in [5, 5.41) is 0. The van der Waals surface area contributed by atoms with Gasteiger partial charge in [0.05, 0.1) is 11.0 Å². The first-order chi connectivity index (χ1) is 13.0. The van der Waals surface area contributed by atoms with Crippen LogP contribution in [-0.2, 0) is 14.8 Å². The molecular weight excluding hydrogens is 366 g/mol. The van der Waals surface area contributed by atoms with Crippen molar-refractivity contribution in [1.82, 2.24) is 14.5 Å². The van der Waals surface area contributed by atoms with Crippen molar-refractivity contribution in [3.8, 4) is 0 Å². The smallest absolute Gasteiger partial charge is 0.253 e. The Morgan fingerprint density at radius 2 is 2.07 bits per heavy atom. The van der Waals surface area contributed by atoms with Crippen LogP contribution in [0.25, 0.3) is 0 Å². The van der Waals surface area contributed by atoms with E-state index in [1.165, 1.54) is 18.2 Å². The molecule has 2 saturated heterocycles. The van der Waals surface area contributed by atoms with Crippen LogP contribution in [0.4, 0.5) is 0 Å². The van der Waals surface area contributed by atoms with E-state index in [-0.39, 0.29) is 17.3 Å². The fourth-order valence-electron chi connectivity index (χ4n) is 3.44. The van der Waals surface area contributed by atoms with E-state index in [1.54, 1.807) is 17.0 Å². The molecule has 0 aromatic heterocycles. The lowest BCUT2D eigenvalue weighted by Gasteiger charge is -2.35. The van der Waals surface area contributed by atoms with Gasteiger partial charge in [-0.25, -0.2) is 13.1 Å². The lowest BCUT2D eigenvalue weighted by atomic mass is 10.1. The van der Waals surface area contributed by atoms with Crippen molar-refractivity contribution in [3.63, 3.8) is 0 Å². The minimum atomic E-state index is -3.65. The Balaban J connectivity index is 1.59. The van der Waals surface area contributed by atoms with Crippen molar-refractivity contribution >= 4 is 15.9 Å². The van der Waals surface area contributed by atoms with Gasteiger partial charge in [0.1, 0.15) is 0 Å². The summed E-state index contributed by atoms with van der Waals surface area (Å²) in [6, 6.07) is 6.19. The monoisotopic (exact) mass is 393 g/mol. The first kappa shape index (κ1) is 20.0. The van der Waals surface area contributed by atoms with E-state index < -0.39 is 10.0 Å².